The van der Waals surface area contributed by atoms with Crippen LogP contribution >= 0.6 is 23.2 Å². The van der Waals surface area contributed by atoms with Gasteiger partial charge in [0.25, 0.3) is 11.8 Å². The predicted octanol–water partition coefficient (Wildman–Crippen LogP) is 3.62. The molecule has 0 aliphatic heterocycles. The second-order valence-corrected chi connectivity index (χ2v) is 5.99. The first-order valence-electron chi connectivity index (χ1n) is 7.86. The molecule has 0 spiro atoms. The van der Waals surface area contributed by atoms with Crippen LogP contribution < -0.4 is 20.3 Å². The third-order valence-corrected chi connectivity index (χ3v) is 4.13. The summed E-state index contributed by atoms with van der Waals surface area (Å²) in [6, 6.07) is 11.5. The molecular weight excluding hydrogens is 379 g/mol. The van der Waals surface area contributed by atoms with Crippen molar-refractivity contribution < 1.29 is 19.1 Å². The third kappa shape index (κ3) is 5.28. The topological polar surface area (TPSA) is 76.7 Å². The highest BCUT2D eigenvalue weighted by Gasteiger charge is 2.17. The fraction of sp³-hybridized carbons (Fsp3) is 0.222. The van der Waals surface area contributed by atoms with E-state index >= 15 is 0 Å². The number of amides is 2. The third-order valence-electron chi connectivity index (χ3n) is 3.31. The summed E-state index contributed by atoms with van der Waals surface area (Å²) in [6.45, 7) is 4.02. The molecule has 0 saturated heterocycles. The van der Waals surface area contributed by atoms with E-state index in [2.05, 4.69) is 10.9 Å². The van der Waals surface area contributed by atoms with Crippen molar-refractivity contribution in [3.05, 3.63) is 58.1 Å². The average molecular weight is 397 g/mol. The lowest BCUT2D eigenvalue weighted by Crippen LogP contribution is -2.47. The predicted molar refractivity (Wildman–Crippen MR) is 99.8 cm³/mol. The number of hydrazine groups is 1. The fourth-order valence-electron chi connectivity index (χ4n) is 2.01. The van der Waals surface area contributed by atoms with Gasteiger partial charge in [-0.25, -0.2) is 0 Å². The van der Waals surface area contributed by atoms with Gasteiger partial charge in [-0.2, -0.15) is 0 Å². The summed E-state index contributed by atoms with van der Waals surface area (Å²) in [5, 5.41) is 0.359. The standard InChI is InChI=1S/C18H18Cl2N2O4/c1-3-25-12-7-9-13(10-8-12)26-11(2)17(23)21-22-18(24)14-5-4-6-15(19)16(14)20/h4-11H,3H2,1-2H3,(H,21,23)(H,22,24). The summed E-state index contributed by atoms with van der Waals surface area (Å²) in [5.74, 6) is 0.104. The fourth-order valence-corrected chi connectivity index (χ4v) is 2.39. The Morgan fingerprint density at radius 3 is 2.35 bits per heavy atom. The van der Waals surface area contributed by atoms with Crippen molar-refractivity contribution in [3.63, 3.8) is 0 Å². The van der Waals surface area contributed by atoms with Gasteiger partial charge in [-0.05, 0) is 50.2 Å². The number of rotatable bonds is 6. The van der Waals surface area contributed by atoms with Gasteiger partial charge in [0.1, 0.15) is 11.5 Å². The molecule has 2 rings (SSSR count). The van der Waals surface area contributed by atoms with E-state index in [4.69, 9.17) is 32.7 Å². The monoisotopic (exact) mass is 396 g/mol. The van der Waals surface area contributed by atoms with Crippen LogP contribution in [0.25, 0.3) is 0 Å². The Hall–Kier alpha value is -2.44. The normalized spacial score (nSPS) is 11.4. The van der Waals surface area contributed by atoms with Crippen molar-refractivity contribution in [2.45, 2.75) is 20.0 Å². The molecule has 8 heteroatoms. The number of carbonyl (C=O) groups excluding carboxylic acids is 2. The van der Waals surface area contributed by atoms with Gasteiger partial charge in [0, 0.05) is 0 Å². The second kappa shape index (κ2) is 9.31. The number of nitrogens with one attached hydrogen (secondary N) is 2. The average Bonchev–Trinajstić information content (AvgIpc) is 2.63. The van der Waals surface area contributed by atoms with E-state index in [1.807, 2.05) is 6.92 Å². The van der Waals surface area contributed by atoms with Crippen LogP contribution in [-0.4, -0.2) is 24.5 Å². The molecule has 0 aromatic heterocycles. The van der Waals surface area contributed by atoms with Gasteiger partial charge in [-0.15, -0.1) is 0 Å². The molecule has 0 fully saturated rings. The van der Waals surface area contributed by atoms with Gasteiger partial charge in [0.15, 0.2) is 6.10 Å². The highest BCUT2D eigenvalue weighted by Crippen LogP contribution is 2.25. The van der Waals surface area contributed by atoms with E-state index < -0.39 is 17.9 Å². The molecule has 1 atom stereocenters. The van der Waals surface area contributed by atoms with Crippen LogP contribution in [-0.2, 0) is 4.79 Å². The Morgan fingerprint density at radius 2 is 1.69 bits per heavy atom. The highest BCUT2D eigenvalue weighted by atomic mass is 35.5. The first kappa shape index (κ1) is 19.9. The number of benzene rings is 2. The van der Waals surface area contributed by atoms with E-state index in [0.29, 0.717) is 18.1 Å². The van der Waals surface area contributed by atoms with Crippen molar-refractivity contribution in [2.75, 3.05) is 6.61 Å². The lowest BCUT2D eigenvalue weighted by Gasteiger charge is -2.15. The maximum absolute atomic E-state index is 12.1. The molecule has 2 amide bonds. The summed E-state index contributed by atoms with van der Waals surface area (Å²) in [6.07, 6.45) is -0.830. The van der Waals surface area contributed by atoms with Crippen LogP contribution in [0.2, 0.25) is 10.0 Å². The smallest absolute Gasteiger partial charge is 0.279 e. The minimum absolute atomic E-state index is 0.111. The number of hydrogen-bond acceptors (Lipinski definition) is 4. The lowest BCUT2D eigenvalue weighted by atomic mass is 10.2. The number of hydrogen-bond donors (Lipinski definition) is 2. The Balaban J connectivity index is 1.88. The van der Waals surface area contributed by atoms with Gasteiger partial charge < -0.3 is 9.47 Å². The largest absolute Gasteiger partial charge is 0.494 e. The van der Waals surface area contributed by atoms with E-state index in [9.17, 15) is 9.59 Å². The first-order valence-corrected chi connectivity index (χ1v) is 8.61. The maximum Gasteiger partial charge on any atom is 0.279 e. The van der Waals surface area contributed by atoms with Crippen molar-refractivity contribution in [2.24, 2.45) is 0 Å². The van der Waals surface area contributed by atoms with Crippen LogP contribution in [0.4, 0.5) is 0 Å². The van der Waals surface area contributed by atoms with Crippen LogP contribution in [0.3, 0.4) is 0 Å². The SMILES string of the molecule is CCOc1ccc(OC(C)C(=O)NNC(=O)c2cccc(Cl)c2Cl)cc1. The van der Waals surface area contributed by atoms with Gasteiger partial charge in [0.05, 0.1) is 22.2 Å². The number of ether oxygens (including phenoxy) is 2. The molecule has 0 heterocycles. The number of halogens is 2. The van der Waals surface area contributed by atoms with E-state index in [0.717, 1.165) is 0 Å². The van der Waals surface area contributed by atoms with Crippen molar-refractivity contribution in [1.29, 1.82) is 0 Å². The Kier molecular flexibility index (Phi) is 7.12. The quantitative estimate of drug-likeness (QED) is 0.730. The molecule has 1 unspecified atom stereocenters. The van der Waals surface area contributed by atoms with Crippen LogP contribution in [0, 0.1) is 0 Å². The highest BCUT2D eigenvalue weighted by molar-refractivity contribution is 6.43. The Bertz CT molecular complexity index is 781. The summed E-state index contributed by atoms with van der Waals surface area (Å²) < 4.78 is 10.9. The minimum Gasteiger partial charge on any atom is -0.494 e. The van der Waals surface area contributed by atoms with Crippen LogP contribution in [0.15, 0.2) is 42.5 Å². The second-order valence-electron chi connectivity index (χ2n) is 5.21. The van der Waals surface area contributed by atoms with Crippen molar-refractivity contribution >= 4 is 35.0 Å². The molecule has 26 heavy (non-hydrogen) atoms. The van der Waals surface area contributed by atoms with Crippen LogP contribution in [0.1, 0.15) is 24.2 Å². The molecule has 2 N–H and O–H groups in total. The van der Waals surface area contributed by atoms with Gasteiger partial charge in [-0.1, -0.05) is 29.3 Å². The molecule has 138 valence electrons. The Labute approximate surface area is 161 Å². The molecule has 2 aromatic rings. The van der Waals surface area contributed by atoms with Gasteiger partial charge in [-0.3, -0.25) is 20.4 Å². The Morgan fingerprint density at radius 1 is 1.04 bits per heavy atom. The molecule has 0 saturated carbocycles. The zero-order chi connectivity index (χ0) is 19.1. The molecule has 0 bridgehead atoms. The van der Waals surface area contributed by atoms with Crippen LogP contribution in [0.5, 0.6) is 11.5 Å². The van der Waals surface area contributed by atoms with E-state index in [1.165, 1.54) is 6.07 Å². The first-order chi connectivity index (χ1) is 12.4. The summed E-state index contributed by atoms with van der Waals surface area (Å²) >= 11 is 11.8. The summed E-state index contributed by atoms with van der Waals surface area (Å²) in [7, 11) is 0. The van der Waals surface area contributed by atoms with Crippen molar-refractivity contribution in [3.8, 4) is 11.5 Å². The van der Waals surface area contributed by atoms with Crippen molar-refractivity contribution in [1.82, 2.24) is 10.9 Å². The summed E-state index contributed by atoms with van der Waals surface area (Å²) in [4.78, 5) is 24.1. The molecule has 0 aliphatic carbocycles. The van der Waals surface area contributed by atoms with E-state index in [-0.39, 0.29) is 15.6 Å². The van der Waals surface area contributed by atoms with E-state index in [1.54, 1.807) is 43.3 Å². The molecule has 0 aliphatic rings. The minimum atomic E-state index is -0.830. The molecular formula is C18H18Cl2N2O4. The van der Waals surface area contributed by atoms with Gasteiger partial charge >= 0.3 is 0 Å². The maximum atomic E-state index is 12.1. The zero-order valence-corrected chi connectivity index (χ0v) is 15.7. The molecule has 6 nitrogen and oxygen atoms in total. The number of carbonyl (C=O) groups is 2. The molecule has 2 aromatic carbocycles. The molecule has 0 radical (unpaired) electrons. The zero-order valence-electron chi connectivity index (χ0n) is 14.2. The van der Waals surface area contributed by atoms with Gasteiger partial charge in [0.2, 0.25) is 0 Å². The summed E-state index contributed by atoms with van der Waals surface area (Å²) in [5.41, 5.74) is 4.72. The lowest BCUT2D eigenvalue weighted by molar-refractivity contribution is -0.128.